The number of nitrogens with one attached hydrogen (secondary N) is 1. The zero-order valence-corrected chi connectivity index (χ0v) is 17.9. The molecule has 2 amide bonds. The largest absolute Gasteiger partial charge is 0.390 e. The van der Waals surface area contributed by atoms with Crippen molar-refractivity contribution >= 4 is 46.4 Å². The number of aliphatic hydroxyl groups is 2. The molecule has 1 aliphatic carbocycles. The molecule has 10 heteroatoms. The van der Waals surface area contributed by atoms with Gasteiger partial charge in [-0.25, -0.2) is 0 Å². The number of hydrogen-bond acceptors (Lipinski definition) is 5. The van der Waals surface area contributed by atoms with Gasteiger partial charge in [-0.3, -0.25) is 9.59 Å². The van der Waals surface area contributed by atoms with Crippen LogP contribution in [-0.2, 0) is 9.59 Å². The van der Waals surface area contributed by atoms with Crippen molar-refractivity contribution in [2.45, 2.75) is 43.6 Å². The van der Waals surface area contributed by atoms with Crippen molar-refractivity contribution in [2.24, 2.45) is 17.6 Å². The molecule has 5 unspecified atom stereocenters. The van der Waals surface area contributed by atoms with E-state index in [2.05, 4.69) is 5.32 Å². The number of aliphatic hydroxyl groups excluding tert-OH is 2. The topological polar surface area (TPSA) is 119 Å². The molecule has 5 atom stereocenters. The predicted octanol–water partition coefficient (Wildman–Crippen LogP) is 0.237. The van der Waals surface area contributed by atoms with E-state index < -0.39 is 30.2 Å². The molecule has 3 fully saturated rings. The molecule has 5 N–H and O–H groups in total. The summed E-state index contributed by atoms with van der Waals surface area (Å²) in [5.74, 6) is -1.23. The van der Waals surface area contributed by atoms with Gasteiger partial charge in [0.05, 0.1) is 24.1 Å². The van der Waals surface area contributed by atoms with Crippen LogP contribution in [0.4, 0.5) is 5.69 Å². The first-order valence-electron chi connectivity index (χ1n) is 10.1. The van der Waals surface area contributed by atoms with Crippen molar-refractivity contribution in [3.8, 4) is 0 Å². The minimum atomic E-state index is -1.05. The van der Waals surface area contributed by atoms with Gasteiger partial charge in [-0.1, -0.05) is 11.6 Å². The Balaban J connectivity index is 1.61. The first kappa shape index (κ1) is 21.3. The number of halogens is 1. The molecule has 1 saturated carbocycles. The normalized spacial score (nSPS) is 32.0. The number of primary amides is 1. The van der Waals surface area contributed by atoms with Crippen LogP contribution in [0.25, 0.3) is 0 Å². The summed E-state index contributed by atoms with van der Waals surface area (Å²) in [7, 11) is 0. The average Bonchev–Trinajstić information content (AvgIpc) is 3.08. The van der Waals surface area contributed by atoms with E-state index >= 15 is 0 Å². The zero-order valence-electron chi connectivity index (χ0n) is 16.3. The molecule has 0 bridgehead atoms. The fourth-order valence-corrected chi connectivity index (χ4v) is 5.34. The van der Waals surface area contributed by atoms with Gasteiger partial charge in [-0.2, -0.15) is 0 Å². The predicted molar refractivity (Wildman–Crippen MR) is 116 cm³/mol. The number of nitrogens with zero attached hydrogens (tertiary/aromatic N) is 2. The molecule has 1 aromatic carbocycles. The number of rotatable bonds is 3. The number of amides is 2. The molecular weight excluding hydrogens is 428 g/mol. The standard InChI is InChI=1S/C20H25ClN4O4S/c21-11-1-3-12(4-2-11)25-16-13(9-14(26)17(27)15(16)23-20(25)30)19(29)24-7-5-10(6-8-24)18(22)28/h1-4,10,13-17,26-27H,5-9H2,(H2,22,28)(H,23,30). The highest BCUT2D eigenvalue weighted by molar-refractivity contribution is 7.80. The van der Waals surface area contributed by atoms with Crippen LogP contribution in [0.1, 0.15) is 19.3 Å². The highest BCUT2D eigenvalue weighted by atomic mass is 35.5. The van der Waals surface area contributed by atoms with Crippen LogP contribution in [0, 0.1) is 11.8 Å². The lowest BCUT2D eigenvalue weighted by Crippen LogP contribution is -2.61. The van der Waals surface area contributed by atoms with Crippen molar-refractivity contribution < 1.29 is 19.8 Å². The second-order valence-electron chi connectivity index (χ2n) is 8.21. The van der Waals surface area contributed by atoms with Crippen molar-refractivity contribution in [2.75, 3.05) is 18.0 Å². The van der Waals surface area contributed by atoms with Crippen molar-refractivity contribution in [3.05, 3.63) is 29.3 Å². The lowest BCUT2D eigenvalue weighted by molar-refractivity contribution is -0.144. The highest BCUT2D eigenvalue weighted by Gasteiger charge is 2.54. The number of fused-ring (bicyclic) bond motifs is 1. The van der Waals surface area contributed by atoms with Crippen LogP contribution >= 0.6 is 23.8 Å². The Labute approximate surface area is 185 Å². The summed E-state index contributed by atoms with van der Waals surface area (Å²) in [5.41, 5.74) is 6.16. The molecule has 30 heavy (non-hydrogen) atoms. The summed E-state index contributed by atoms with van der Waals surface area (Å²) in [6.07, 6.45) is -0.890. The van der Waals surface area contributed by atoms with Crippen LogP contribution < -0.4 is 16.0 Å². The van der Waals surface area contributed by atoms with Gasteiger partial charge >= 0.3 is 0 Å². The van der Waals surface area contributed by atoms with E-state index in [-0.39, 0.29) is 24.2 Å². The van der Waals surface area contributed by atoms with Gasteiger partial charge in [0, 0.05) is 29.7 Å². The summed E-state index contributed by atoms with van der Waals surface area (Å²) in [4.78, 5) is 28.5. The van der Waals surface area contributed by atoms with Crippen molar-refractivity contribution in [1.29, 1.82) is 0 Å². The summed E-state index contributed by atoms with van der Waals surface area (Å²) >= 11 is 11.5. The first-order valence-corrected chi connectivity index (χ1v) is 10.9. The summed E-state index contributed by atoms with van der Waals surface area (Å²) in [5, 5.41) is 25.1. The quantitative estimate of drug-likeness (QED) is 0.485. The maximum Gasteiger partial charge on any atom is 0.227 e. The Bertz CT molecular complexity index is 846. The Kier molecular flexibility index (Phi) is 5.89. The molecule has 162 valence electrons. The van der Waals surface area contributed by atoms with Gasteiger partial charge in [0.15, 0.2) is 5.11 Å². The third-order valence-corrected chi connectivity index (χ3v) is 7.04. The van der Waals surface area contributed by atoms with Crippen LogP contribution in [-0.4, -0.2) is 69.4 Å². The smallest absolute Gasteiger partial charge is 0.227 e. The number of likely N-dealkylation sites (tertiary alicyclic amines) is 1. The van der Waals surface area contributed by atoms with Gasteiger partial charge in [0.25, 0.3) is 0 Å². The molecule has 0 radical (unpaired) electrons. The molecule has 8 nitrogen and oxygen atoms in total. The van der Waals surface area contributed by atoms with E-state index in [1.807, 2.05) is 17.0 Å². The number of piperidine rings is 1. The van der Waals surface area contributed by atoms with Crippen LogP contribution in [0.3, 0.4) is 0 Å². The van der Waals surface area contributed by atoms with E-state index in [4.69, 9.17) is 29.6 Å². The van der Waals surface area contributed by atoms with E-state index in [0.717, 1.165) is 5.69 Å². The Morgan fingerprint density at radius 2 is 1.80 bits per heavy atom. The zero-order chi connectivity index (χ0) is 21.6. The van der Waals surface area contributed by atoms with E-state index in [1.165, 1.54) is 0 Å². The van der Waals surface area contributed by atoms with E-state index in [0.29, 0.717) is 36.1 Å². The average molecular weight is 453 g/mol. The van der Waals surface area contributed by atoms with E-state index in [1.54, 1.807) is 17.0 Å². The Morgan fingerprint density at radius 1 is 1.17 bits per heavy atom. The molecule has 1 aromatic rings. The molecule has 4 rings (SSSR count). The van der Waals surface area contributed by atoms with Gasteiger partial charge in [0.1, 0.15) is 6.10 Å². The summed E-state index contributed by atoms with van der Waals surface area (Å²) in [6.45, 7) is 0.885. The SMILES string of the molecule is NC(=O)C1CCN(C(=O)C2CC(O)C(O)C3NC(=S)N(c4ccc(Cl)cc4)C23)CC1. The van der Waals surface area contributed by atoms with Crippen molar-refractivity contribution in [1.82, 2.24) is 10.2 Å². The number of hydrogen-bond donors (Lipinski definition) is 4. The van der Waals surface area contributed by atoms with Gasteiger partial charge in [-0.15, -0.1) is 0 Å². The van der Waals surface area contributed by atoms with Crippen LogP contribution in [0.15, 0.2) is 24.3 Å². The first-order chi connectivity index (χ1) is 14.3. The molecule has 2 heterocycles. The number of thiocarbonyl (C=S) groups is 1. The summed E-state index contributed by atoms with van der Waals surface area (Å²) in [6, 6.07) is 6.09. The van der Waals surface area contributed by atoms with Gasteiger partial charge < -0.3 is 31.1 Å². The third kappa shape index (κ3) is 3.75. The number of carbonyl (C=O) groups is 2. The van der Waals surface area contributed by atoms with Crippen molar-refractivity contribution in [3.63, 3.8) is 0 Å². The fourth-order valence-electron chi connectivity index (χ4n) is 4.85. The molecule has 0 aromatic heterocycles. The number of benzene rings is 1. The molecule has 2 aliphatic heterocycles. The Morgan fingerprint density at radius 3 is 2.40 bits per heavy atom. The minimum absolute atomic E-state index is 0.107. The van der Waals surface area contributed by atoms with Gasteiger partial charge in [0.2, 0.25) is 11.8 Å². The number of nitrogens with two attached hydrogens (primary N) is 1. The van der Waals surface area contributed by atoms with Crippen LogP contribution in [0.5, 0.6) is 0 Å². The molecule has 0 spiro atoms. The minimum Gasteiger partial charge on any atom is -0.390 e. The molecular formula is C20H25ClN4O4S. The Hall–Kier alpha value is -1.94. The van der Waals surface area contributed by atoms with Gasteiger partial charge in [-0.05, 0) is 55.7 Å². The fraction of sp³-hybridized carbons (Fsp3) is 0.550. The maximum absolute atomic E-state index is 13.5. The lowest BCUT2D eigenvalue weighted by atomic mass is 9.76. The number of anilines is 1. The third-order valence-electron chi connectivity index (χ3n) is 6.48. The maximum atomic E-state index is 13.5. The lowest BCUT2D eigenvalue weighted by Gasteiger charge is -2.44. The second kappa shape index (κ2) is 8.30. The number of carbonyl (C=O) groups excluding carboxylic acids is 2. The van der Waals surface area contributed by atoms with E-state index in [9.17, 15) is 19.8 Å². The monoisotopic (exact) mass is 452 g/mol. The highest BCUT2D eigenvalue weighted by Crippen LogP contribution is 2.38. The second-order valence-corrected chi connectivity index (χ2v) is 9.04. The molecule has 2 saturated heterocycles. The summed E-state index contributed by atoms with van der Waals surface area (Å²) < 4.78 is 0. The van der Waals surface area contributed by atoms with Crippen LogP contribution in [0.2, 0.25) is 5.02 Å². The molecule has 3 aliphatic rings.